The molecule has 33 heavy (non-hydrogen) atoms. The normalized spacial score (nSPS) is 25.0. The van der Waals surface area contributed by atoms with Crippen LogP contribution in [0.5, 0.6) is 0 Å². The molecule has 2 aliphatic rings. The first kappa shape index (κ1) is 22.6. The standard InChI is InChI=1S/C21H19F4N5O3/c1-10-3-6-14(27-8-10)17(31)28-11-4-5-13(22)12(7-11)20-9-33-16(21(23,24)25)15(20)18(32)30(2)19(26)29-20/h3-8,15-16H,9H2,1-2H3,(H2,26,29)(H,28,31). The van der Waals surface area contributed by atoms with Crippen LogP contribution in [0.15, 0.2) is 41.5 Å². The number of nitrogens with zero attached hydrogens (tertiary/aromatic N) is 3. The molecule has 2 aromatic rings. The first-order valence-electron chi connectivity index (χ1n) is 9.79. The molecule has 1 fully saturated rings. The molecule has 0 spiro atoms. The number of halogens is 4. The monoisotopic (exact) mass is 465 g/mol. The van der Waals surface area contributed by atoms with Crippen molar-refractivity contribution in [1.29, 1.82) is 0 Å². The predicted octanol–water partition coefficient (Wildman–Crippen LogP) is 2.34. The minimum Gasteiger partial charge on any atom is -0.369 e. The maximum Gasteiger partial charge on any atom is 0.415 e. The summed E-state index contributed by atoms with van der Waals surface area (Å²) in [5.41, 5.74) is 4.37. The number of aryl methyl sites for hydroxylation is 1. The number of hydrogen-bond donors (Lipinski definition) is 2. The second kappa shape index (κ2) is 7.80. The Hall–Kier alpha value is -3.54. The Morgan fingerprint density at radius 3 is 2.67 bits per heavy atom. The number of ether oxygens (including phenoxy) is 1. The number of fused-ring (bicyclic) bond motifs is 1. The fraction of sp³-hybridized carbons (Fsp3) is 0.333. The summed E-state index contributed by atoms with van der Waals surface area (Å²) >= 11 is 0. The third kappa shape index (κ3) is 3.80. The number of carbonyl (C=O) groups excluding carboxylic acids is 2. The molecule has 0 aliphatic carbocycles. The first-order chi connectivity index (χ1) is 15.4. The third-order valence-corrected chi connectivity index (χ3v) is 5.71. The van der Waals surface area contributed by atoms with Gasteiger partial charge in [0.1, 0.15) is 23.0 Å². The van der Waals surface area contributed by atoms with E-state index < -0.39 is 48.0 Å². The van der Waals surface area contributed by atoms with Crippen LogP contribution < -0.4 is 11.1 Å². The zero-order valence-electron chi connectivity index (χ0n) is 17.5. The highest BCUT2D eigenvalue weighted by Crippen LogP contribution is 2.51. The molecule has 3 unspecified atom stereocenters. The lowest BCUT2D eigenvalue weighted by Crippen LogP contribution is -2.57. The van der Waals surface area contributed by atoms with E-state index in [0.29, 0.717) is 0 Å². The number of amides is 2. The molecule has 1 saturated heterocycles. The number of nitrogens with two attached hydrogens (primary N) is 1. The van der Waals surface area contributed by atoms with E-state index in [1.807, 2.05) is 0 Å². The quantitative estimate of drug-likeness (QED) is 0.677. The largest absolute Gasteiger partial charge is 0.415 e. The predicted molar refractivity (Wildman–Crippen MR) is 109 cm³/mol. The van der Waals surface area contributed by atoms with Crippen LogP contribution in [-0.4, -0.2) is 53.6 Å². The molecule has 3 N–H and O–H groups in total. The summed E-state index contributed by atoms with van der Waals surface area (Å²) in [4.78, 5) is 34.2. The lowest BCUT2D eigenvalue weighted by molar-refractivity contribution is -0.218. The molecule has 0 saturated carbocycles. The number of carbonyl (C=O) groups is 2. The molecule has 3 heterocycles. The van der Waals surface area contributed by atoms with Gasteiger partial charge in [-0.2, -0.15) is 13.2 Å². The van der Waals surface area contributed by atoms with Crippen LogP contribution in [0.25, 0.3) is 0 Å². The van der Waals surface area contributed by atoms with E-state index in [-0.39, 0.29) is 22.9 Å². The van der Waals surface area contributed by atoms with E-state index in [1.54, 1.807) is 13.0 Å². The van der Waals surface area contributed by atoms with Crippen molar-refractivity contribution in [2.45, 2.75) is 24.7 Å². The van der Waals surface area contributed by atoms with Crippen molar-refractivity contribution in [1.82, 2.24) is 9.88 Å². The van der Waals surface area contributed by atoms with Crippen molar-refractivity contribution in [3.8, 4) is 0 Å². The van der Waals surface area contributed by atoms with Gasteiger partial charge in [0.2, 0.25) is 5.91 Å². The fourth-order valence-corrected chi connectivity index (χ4v) is 4.01. The van der Waals surface area contributed by atoms with Gasteiger partial charge in [-0.1, -0.05) is 6.07 Å². The number of aliphatic imine (C=N–C) groups is 1. The van der Waals surface area contributed by atoms with E-state index in [1.165, 1.54) is 25.4 Å². The number of anilines is 1. The Balaban J connectivity index is 1.77. The Morgan fingerprint density at radius 1 is 1.30 bits per heavy atom. The maximum absolute atomic E-state index is 15.0. The maximum atomic E-state index is 15.0. The average Bonchev–Trinajstić information content (AvgIpc) is 3.14. The van der Waals surface area contributed by atoms with E-state index in [9.17, 15) is 27.2 Å². The van der Waals surface area contributed by atoms with Crippen LogP contribution >= 0.6 is 0 Å². The smallest absolute Gasteiger partial charge is 0.369 e. The topological polar surface area (TPSA) is 110 Å². The molecule has 2 amide bonds. The number of nitrogens with one attached hydrogen (secondary N) is 1. The zero-order valence-corrected chi connectivity index (χ0v) is 17.5. The second-order valence-corrected chi connectivity index (χ2v) is 7.91. The molecule has 1 aromatic heterocycles. The molecule has 4 rings (SSSR count). The molecule has 2 aliphatic heterocycles. The molecule has 3 atom stereocenters. The van der Waals surface area contributed by atoms with Crippen molar-refractivity contribution in [2.75, 3.05) is 19.0 Å². The van der Waals surface area contributed by atoms with E-state index in [2.05, 4.69) is 15.3 Å². The second-order valence-electron chi connectivity index (χ2n) is 7.91. The molecular weight excluding hydrogens is 446 g/mol. The van der Waals surface area contributed by atoms with E-state index in [4.69, 9.17) is 10.5 Å². The average molecular weight is 465 g/mol. The third-order valence-electron chi connectivity index (χ3n) is 5.71. The summed E-state index contributed by atoms with van der Waals surface area (Å²) in [6.45, 7) is 1.07. The van der Waals surface area contributed by atoms with Crippen LogP contribution in [0.3, 0.4) is 0 Å². The van der Waals surface area contributed by atoms with Crippen LogP contribution in [0.4, 0.5) is 23.2 Å². The molecule has 12 heteroatoms. The summed E-state index contributed by atoms with van der Waals surface area (Å²) in [5, 5.41) is 2.53. The number of aromatic nitrogens is 1. The van der Waals surface area contributed by atoms with Gasteiger partial charge in [0.25, 0.3) is 5.91 Å². The zero-order chi connectivity index (χ0) is 24.1. The van der Waals surface area contributed by atoms with E-state index in [0.717, 1.165) is 22.6 Å². The van der Waals surface area contributed by atoms with Gasteiger partial charge in [-0.05, 0) is 36.8 Å². The number of benzene rings is 1. The summed E-state index contributed by atoms with van der Waals surface area (Å²) < 4.78 is 60.9. The van der Waals surface area contributed by atoms with Gasteiger partial charge in [0.05, 0.1) is 6.61 Å². The number of rotatable bonds is 3. The summed E-state index contributed by atoms with van der Waals surface area (Å²) in [7, 11) is 1.18. The minimum atomic E-state index is -4.90. The van der Waals surface area contributed by atoms with Gasteiger partial charge >= 0.3 is 6.18 Å². The van der Waals surface area contributed by atoms with Gasteiger partial charge in [-0.15, -0.1) is 0 Å². The van der Waals surface area contributed by atoms with Gasteiger partial charge in [-0.25, -0.2) is 9.38 Å². The number of guanidine groups is 1. The Morgan fingerprint density at radius 2 is 2.03 bits per heavy atom. The molecule has 174 valence electrons. The van der Waals surface area contributed by atoms with Crippen molar-refractivity contribution in [2.24, 2.45) is 16.6 Å². The highest BCUT2D eigenvalue weighted by atomic mass is 19.4. The Bertz CT molecular complexity index is 1150. The molecule has 0 bridgehead atoms. The van der Waals surface area contributed by atoms with Crippen molar-refractivity contribution < 1.29 is 31.9 Å². The summed E-state index contributed by atoms with van der Waals surface area (Å²) in [6, 6.07) is 6.50. The SMILES string of the molecule is Cc1ccc(C(=O)Nc2ccc(F)c(C34COC(C(F)(F)F)C3C(=O)N(C)C(N)=N4)c2)nc1. The minimum absolute atomic E-state index is 0.0718. The summed E-state index contributed by atoms with van der Waals surface area (Å²) in [6.07, 6.45) is -5.91. The van der Waals surface area contributed by atoms with E-state index >= 15 is 0 Å². The van der Waals surface area contributed by atoms with Crippen molar-refractivity contribution >= 4 is 23.5 Å². The molecule has 0 radical (unpaired) electrons. The van der Waals surface area contributed by atoms with Crippen molar-refractivity contribution in [3.63, 3.8) is 0 Å². The van der Waals surface area contributed by atoms with Crippen LogP contribution in [0.1, 0.15) is 21.6 Å². The number of pyridine rings is 1. The number of alkyl halides is 3. The molecule has 1 aromatic carbocycles. The van der Waals surface area contributed by atoms with Gasteiger partial charge in [0, 0.05) is 24.5 Å². The lowest BCUT2D eigenvalue weighted by Gasteiger charge is -2.39. The Labute approximate surface area is 185 Å². The summed E-state index contributed by atoms with van der Waals surface area (Å²) in [5.74, 6) is -4.80. The van der Waals surface area contributed by atoms with Crippen LogP contribution in [-0.2, 0) is 15.1 Å². The van der Waals surface area contributed by atoms with Crippen molar-refractivity contribution in [3.05, 3.63) is 59.2 Å². The van der Waals surface area contributed by atoms with Crippen LogP contribution in [0.2, 0.25) is 0 Å². The highest BCUT2D eigenvalue weighted by Gasteiger charge is 2.66. The Kier molecular flexibility index (Phi) is 5.35. The number of hydrogen-bond acceptors (Lipinski definition) is 6. The molecular formula is C21H19F4N5O3. The van der Waals surface area contributed by atoms with Crippen LogP contribution in [0, 0.1) is 18.7 Å². The fourth-order valence-electron chi connectivity index (χ4n) is 4.01. The van der Waals surface area contributed by atoms with Gasteiger partial charge in [0.15, 0.2) is 12.1 Å². The molecule has 8 nitrogen and oxygen atoms in total. The first-order valence-corrected chi connectivity index (χ1v) is 9.79. The van der Waals surface area contributed by atoms with Gasteiger partial charge in [-0.3, -0.25) is 19.5 Å². The van der Waals surface area contributed by atoms with Gasteiger partial charge < -0.3 is 15.8 Å². The lowest BCUT2D eigenvalue weighted by atomic mass is 9.76. The highest BCUT2D eigenvalue weighted by molar-refractivity contribution is 6.03.